The van der Waals surface area contributed by atoms with E-state index in [0.717, 1.165) is 10.2 Å². The predicted octanol–water partition coefficient (Wildman–Crippen LogP) is 3.81. The van der Waals surface area contributed by atoms with Crippen molar-refractivity contribution in [2.45, 2.75) is 0 Å². The van der Waals surface area contributed by atoms with Gasteiger partial charge in [-0.15, -0.1) is 12.4 Å². The minimum absolute atomic E-state index is 0. The van der Waals surface area contributed by atoms with Gasteiger partial charge < -0.3 is 9.64 Å². The van der Waals surface area contributed by atoms with E-state index < -0.39 is 0 Å². The number of likely N-dealkylation sites (N-methyl/N-ethyl adjacent to an activating group) is 1. The van der Waals surface area contributed by atoms with Gasteiger partial charge in [-0.3, -0.25) is 9.69 Å². The van der Waals surface area contributed by atoms with Crippen molar-refractivity contribution in [3.8, 4) is 11.8 Å². The minimum atomic E-state index is -0.139. The number of aromatic nitrogens is 1. The lowest BCUT2D eigenvalue weighted by Crippen LogP contribution is -2.36. The maximum Gasteiger partial charge on any atom is 0.260 e. The highest BCUT2D eigenvalue weighted by atomic mass is 35.5. The summed E-state index contributed by atoms with van der Waals surface area (Å²) in [6.45, 7) is 1.21. The summed E-state index contributed by atoms with van der Waals surface area (Å²) in [6.07, 6.45) is 0. The zero-order valence-corrected chi connectivity index (χ0v) is 17.5. The minimum Gasteiger partial charge on any atom is -0.494 e. The average molecular weight is 417 g/mol. The Morgan fingerprint density at radius 3 is 2.50 bits per heavy atom. The maximum absolute atomic E-state index is 13.1. The number of hydrogen-bond acceptors (Lipinski definition) is 6. The van der Waals surface area contributed by atoms with Crippen molar-refractivity contribution in [1.29, 1.82) is 5.26 Å². The molecule has 0 aliphatic rings. The number of carbonyl (C=O) groups excluding carboxylic acids is 1. The lowest BCUT2D eigenvalue weighted by molar-refractivity contribution is 0.0985. The molecule has 1 amide bonds. The quantitative estimate of drug-likeness (QED) is 0.611. The summed E-state index contributed by atoms with van der Waals surface area (Å²) >= 11 is 1.46. The number of halogens is 1. The third-order valence-corrected chi connectivity index (χ3v) is 5.14. The Bertz CT molecular complexity index is 996. The number of carbonyl (C=O) groups is 1. The van der Waals surface area contributed by atoms with Gasteiger partial charge in [-0.2, -0.15) is 5.26 Å². The van der Waals surface area contributed by atoms with Crippen molar-refractivity contribution in [3.63, 3.8) is 0 Å². The number of nitriles is 1. The molecule has 0 aliphatic carbocycles. The van der Waals surface area contributed by atoms with Gasteiger partial charge in [0.2, 0.25) is 0 Å². The fraction of sp³-hybridized carbons (Fsp3) is 0.250. The first kappa shape index (κ1) is 21.6. The summed E-state index contributed by atoms with van der Waals surface area (Å²) in [5.41, 5.74) is 1.80. The summed E-state index contributed by atoms with van der Waals surface area (Å²) in [5.74, 6) is 0.549. The van der Waals surface area contributed by atoms with Gasteiger partial charge in [-0.1, -0.05) is 17.4 Å². The standard InChI is InChI=1S/C20H20N4O2S.ClH/c1-23(2)11-12-24(19(25)15-9-7-14(13-21)8-10-15)20-22-18-16(26-3)5-4-6-17(18)27-20;/h4-10H,11-12H2,1-3H3;1H. The van der Waals surface area contributed by atoms with Crippen LogP contribution in [0.5, 0.6) is 5.75 Å². The second-order valence-electron chi connectivity index (χ2n) is 6.25. The highest BCUT2D eigenvalue weighted by Gasteiger charge is 2.22. The summed E-state index contributed by atoms with van der Waals surface area (Å²) in [6, 6.07) is 14.5. The molecule has 0 saturated heterocycles. The number of rotatable bonds is 6. The lowest BCUT2D eigenvalue weighted by Gasteiger charge is -2.22. The molecule has 6 nitrogen and oxygen atoms in total. The number of anilines is 1. The molecular weight excluding hydrogens is 396 g/mol. The van der Waals surface area contributed by atoms with Gasteiger partial charge in [-0.05, 0) is 50.5 Å². The molecule has 0 aliphatic heterocycles. The number of amides is 1. The number of fused-ring (bicyclic) bond motifs is 1. The van der Waals surface area contributed by atoms with E-state index in [9.17, 15) is 4.79 Å². The number of methoxy groups -OCH3 is 1. The van der Waals surface area contributed by atoms with Gasteiger partial charge in [0.1, 0.15) is 11.3 Å². The third kappa shape index (κ3) is 4.60. The van der Waals surface area contributed by atoms with Crippen LogP contribution in [-0.2, 0) is 0 Å². The van der Waals surface area contributed by atoms with Gasteiger partial charge >= 0.3 is 0 Å². The summed E-state index contributed by atoms with van der Waals surface area (Å²) in [5, 5.41) is 9.59. The van der Waals surface area contributed by atoms with Crippen LogP contribution >= 0.6 is 23.7 Å². The Balaban J connectivity index is 0.00000280. The topological polar surface area (TPSA) is 69.5 Å². The second kappa shape index (κ2) is 9.51. The maximum atomic E-state index is 13.1. The van der Waals surface area contributed by atoms with E-state index >= 15 is 0 Å². The molecule has 2 aromatic carbocycles. The zero-order valence-electron chi connectivity index (χ0n) is 15.9. The third-order valence-electron chi connectivity index (χ3n) is 4.10. The summed E-state index contributed by atoms with van der Waals surface area (Å²) in [4.78, 5) is 21.5. The van der Waals surface area contributed by atoms with E-state index in [2.05, 4.69) is 11.1 Å². The van der Waals surface area contributed by atoms with Crippen molar-refractivity contribution in [2.75, 3.05) is 39.2 Å². The Morgan fingerprint density at radius 2 is 1.89 bits per heavy atom. The van der Waals surface area contributed by atoms with E-state index in [4.69, 9.17) is 10.00 Å². The van der Waals surface area contributed by atoms with Crippen LogP contribution in [0.3, 0.4) is 0 Å². The van der Waals surface area contributed by atoms with Gasteiger partial charge in [0.05, 0.1) is 23.4 Å². The van der Waals surface area contributed by atoms with Crippen molar-refractivity contribution in [2.24, 2.45) is 0 Å². The van der Waals surface area contributed by atoms with Crippen LogP contribution in [0.25, 0.3) is 10.2 Å². The average Bonchev–Trinajstić information content (AvgIpc) is 3.11. The monoisotopic (exact) mass is 416 g/mol. The fourth-order valence-corrected chi connectivity index (χ4v) is 3.63. The molecule has 0 fully saturated rings. The smallest absolute Gasteiger partial charge is 0.260 e. The molecule has 0 spiro atoms. The molecule has 28 heavy (non-hydrogen) atoms. The van der Waals surface area contributed by atoms with Crippen LogP contribution in [0, 0.1) is 11.3 Å². The van der Waals surface area contributed by atoms with Crippen molar-refractivity contribution in [3.05, 3.63) is 53.6 Å². The zero-order chi connectivity index (χ0) is 19.4. The molecular formula is C20H21ClN4O2S. The van der Waals surface area contributed by atoms with E-state index in [1.165, 1.54) is 11.3 Å². The molecule has 0 atom stereocenters. The molecule has 3 aromatic rings. The lowest BCUT2D eigenvalue weighted by atomic mass is 10.1. The Hall–Kier alpha value is -2.66. The fourth-order valence-electron chi connectivity index (χ4n) is 2.62. The summed E-state index contributed by atoms with van der Waals surface area (Å²) < 4.78 is 6.36. The summed E-state index contributed by atoms with van der Waals surface area (Å²) in [7, 11) is 5.54. The normalized spacial score (nSPS) is 10.4. The van der Waals surface area contributed by atoms with Crippen LogP contribution in [0.2, 0.25) is 0 Å². The number of benzene rings is 2. The Kier molecular flexibility index (Phi) is 7.35. The molecule has 3 rings (SSSR count). The predicted molar refractivity (Wildman–Crippen MR) is 115 cm³/mol. The largest absolute Gasteiger partial charge is 0.494 e. The van der Waals surface area contributed by atoms with Crippen LogP contribution < -0.4 is 9.64 Å². The number of nitrogens with zero attached hydrogens (tertiary/aromatic N) is 4. The van der Waals surface area contributed by atoms with Crippen molar-refractivity contribution < 1.29 is 9.53 Å². The molecule has 0 N–H and O–H groups in total. The molecule has 8 heteroatoms. The Labute approximate surface area is 174 Å². The number of hydrogen-bond donors (Lipinski definition) is 0. The van der Waals surface area contributed by atoms with Gasteiger partial charge in [0.15, 0.2) is 5.13 Å². The SMILES string of the molecule is COc1cccc2sc(N(CCN(C)C)C(=O)c3ccc(C#N)cc3)nc12.Cl. The van der Waals surface area contributed by atoms with Gasteiger partial charge in [-0.25, -0.2) is 4.98 Å². The van der Waals surface area contributed by atoms with Crippen molar-refractivity contribution in [1.82, 2.24) is 9.88 Å². The molecule has 1 heterocycles. The Morgan fingerprint density at radius 1 is 1.18 bits per heavy atom. The van der Waals surface area contributed by atoms with Crippen LogP contribution in [0.4, 0.5) is 5.13 Å². The first-order chi connectivity index (χ1) is 13.0. The molecule has 0 unspecified atom stereocenters. The first-order valence-electron chi connectivity index (χ1n) is 8.44. The van der Waals surface area contributed by atoms with Gasteiger partial charge in [0, 0.05) is 18.7 Å². The van der Waals surface area contributed by atoms with E-state index in [1.54, 1.807) is 36.3 Å². The highest BCUT2D eigenvalue weighted by Crippen LogP contribution is 2.34. The number of thiazole rings is 1. The molecule has 0 bridgehead atoms. The van der Waals surface area contributed by atoms with Crippen LogP contribution in [0.15, 0.2) is 42.5 Å². The molecule has 0 saturated carbocycles. The van der Waals surface area contributed by atoms with Crippen molar-refractivity contribution >= 4 is 45.0 Å². The number of para-hydroxylation sites is 1. The molecule has 1 aromatic heterocycles. The van der Waals surface area contributed by atoms with Crippen LogP contribution in [-0.4, -0.2) is 50.1 Å². The molecule has 146 valence electrons. The van der Waals surface area contributed by atoms with E-state index in [-0.39, 0.29) is 18.3 Å². The molecule has 0 radical (unpaired) electrons. The van der Waals surface area contributed by atoms with Crippen LogP contribution in [0.1, 0.15) is 15.9 Å². The van der Waals surface area contributed by atoms with Gasteiger partial charge in [0.25, 0.3) is 5.91 Å². The van der Waals surface area contributed by atoms with E-state index in [1.807, 2.05) is 37.2 Å². The highest BCUT2D eigenvalue weighted by molar-refractivity contribution is 7.22. The number of ether oxygens (including phenoxy) is 1. The second-order valence-corrected chi connectivity index (χ2v) is 7.26. The van der Waals surface area contributed by atoms with E-state index in [0.29, 0.717) is 35.1 Å². The first-order valence-corrected chi connectivity index (χ1v) is 9.25.